The third-order valence-corrected chi connectivity index (χ3v) is 11.6. The Morgan fingerprint density at radius 3 is 1.96 bits per heavy atom. The fraction of sp³-hybridized carbons (Fsp3) is 0.750. The van der Waals surface area contributed by atoms with E-state index in [-0.39, 0.29) is 0 Å². The Labute approximate surface area is 170 Å². The molecule has 0 aromatic carbocycles. The molecule has 0 aliphatic heterocycles. The smallest absolute Gasteiger partial charge is 0.200 e. The van der Waals surface area contributed by atoms with Gasteiger partial charge in [-0.25, -0.2) is 0 Å². The average Bonchev–Trinajstić information content (AvgIpc) is 2.63. The van der Waals surface area contributed by atoms with Crippen molar-refractivity contribution in [2.24, 2.45) is 5.11 Å². The first-order valence-corrected chi connectivity index (χ1v) is 12.0. The summed E-state index contributed by atoms with van der Waals surface area (Å²) in [5.74, 6) is 0. The summed E-state index contributed by atoms with van der Waals surface area (Å²) in [6, 6.07) is 3.45. The number of aromatic nitrogens is 1. The molecule has 28 heavy (non-hydrogen) atoms. The number of hydrogen-bond acceptors (Lipinski definition) is 5. The van der Waals surface area contributed by atoms with Gasteiger partial charge >= 0.3 is 0 Å². The molecule has 0 spiro atoms. The highest BCUT2D eigenvalue weighted by Gasteiger charge is 2.45. The molecule has 1 heterocycles. The van der Waals surface area contributed by atoms with Gasteiger partial charge in [-0.1, -0.05) is 59.6 Å². The first-order valence-electron chi connectivity index (χ1n) is 9.89. The van der Waals surface area contributed by atoms with Crippen LogP contribution in [0.3, 0.4) is 0 Å². The average molecular weight is 409 g/mol. The highest BCUT2D eigenvalue weighted by molar-refractivity contribution is 6.77. The van der Waals surface area contributed by atoms with Gasteiger partial charge in [0.05, 0.1) is 24.0 Å². The summed E-state index contributed by atoms with van der Waals surface area (Å²) >= 11 is 0. The molecule has 0 saturated carbocycles. The van der Waals surface area contributed by atoms with Crippen molar-refractivity contribution in [3.8, 4) is 0 Å². The third kappa shape index (κ3) is 5.33. The molecular weight excluding hydrogens is 372 g/mol. The Kier molecular flexibility index (Phi) is 9.60. The second-order valence-electron chi connectivity index (χ2n) is 8.07. The quantitative estimate of drug-likeness (QED) is 0.139. The predicted molar refractivity (Wildman–Crippen MR) is 114 cm³/mol. The fourth-order valence-corrected chi connectivity index (χ4v) is 9.71. The monoisotopic (exact) mass is 408 g/mol. The first-order chi connectivity index (χ1) is 13.1. The van der Waals surface area contributed by atoms with E-state index < -0.39 is 20.6 Å². The molecule has 0 aliphatic carbocycles. The first kappa shape index (κ1) is 24.6. The molecule has 1 aromatic rings. The molecule has 1 unspecified atom stereocenters. The van der Waals surface area contributed by atoms with Gasteiger partial charge in [0.25, 0.3) is 0 Å². The van der Waals surface area contributed by atoms with Gasteiger partial charge in [0.1, 0.15) is 0 Å². The zero-order valence-corrected chi connectivity index (χ0v) is 19.8. The van der Waals surface area contributed by atoms with Crippen LogP contribution >= 0.6 is 0 Å². The van der Waals surface area contributed by atoms with Crippen LogP contribution in [0.1, 0.15) is 77.7 Å². The van der Waals surface area contributed by atoms with Crippen LogP contribution < -0.4 is 0 Å². The Balaban J connectivity index is 3.33. The standard InChI is InChI=1S/C20H36N4O3Si/c1-13(2)28(14(3)4,15(5)6)27-12-17-10-11-18(20(25-8)26-9)22-19(17)16(7)23-24-21/h10-11,13-16,20H,12H2,1-9H3. The van der Waals surface area contributed by atoms with Crippen molar-refractivity contribution in [3.63, 3.8) is 0 Å². The summed E-state index contributed by atoms with van der Waals surface area (Å²) in [7, 11) is 1.12. The van der Waals surface area contributed by atoms with Gasteiger partial charge in [-0.15, -0.1) is 0 Å². The molecule has 7 nitrogen and oxygen atoms in total. The van der Waals surface area contributed by atoms with Crippen molar-refractivity contribution in [2.45, 2.75) is 84.0 Å². The number of pyridine rings is 1. The lowest BCUT2D eigenvalue weighted by Crippen LogP contribution is -2.47. The van der Waals surface area contributed by atoms with Crippen LogP contribution in [0.25, 0.3) is 10.4 Å². The molecule has 0 aliphatic rings. The number of ether oxygens (including phenoxy) is 2. The second-order valence-corrected chi connectivity index (χ2v) is 13.5. The van der Waals surface area contributed by atoms with Crippen LogP contribution in [0.2, 0.25) is 16.6 Å². The highest BCUT2D eigenvalue weighted by atomic mass is 28.4. The van der Waals surface area contributed by atoms with Crippen molar-refractivity contribution < 1.29 is 13.9 Å². The molecule has 8 heteroatoms. The van der Waals surface area contributed by atoms with Crippen LogP contribution in [0, 0.1) is 0 Å². The van der Waals surface area contributed by atoms with Crippen molar-refractivity contribution >= 4 is 8.32 Å². The maximum absolute atomic E-state index is 8.89. The molecule has 0 fully saturated rings. The molecule has 0 bridgehead atoms. The topological polar surface area (TPSA) is 89.3 Å². The third-order valence-electron chi connectivity index (χ3n) is 5.51. The van der Waals surface area contributed by atoms with Crippen molar-refractivity contribution in [1.82, 2.24) is 4.98 Å². The van der Waals surface area contributed by atoms with Crippen LogP contribution in [0.5, 0.6) is 0 Å². The number of azide groups is 1. The van der Waals surface area contributed by atoms with Gasteiger partial charge in [-0.2, -0.15) is 0 Å². The fourth-order valence-electron chi connectivity index (χ4n) is 4.31. The van der Waals surface area contributed by atoms with Gasteiger partial charge in [0.15, 0.2) is 0 Å². The zero-order chi connectivity index (χ0) is 21.5. The summed E-state index contributed by atoms with van der Waals surface area (Å²) in [4.78, 5) is 7.64. The van der Waals surface area contributed by atoms with Crippen molar-refractivity contribution in [3.05, 3.63) is 39.5 Å². The Bertz CT molecular complexity index is 650. The van der Waals surface area contributed by atoms with E-state index in [0.717, 1.165) is 5.56 Å². The highest BCUT2D eigenvalue weighted by Crippen LogP contribution is 2.43. The van der Waals surface area contributed by atoms with Gasteiger partial charge < -0.3 is 13.9 Å². The van der Waals surface area contributed by atoms with Crippen LogP contribution in [-0.4, -0.2) is 27.5 Å². The molecule has 0 amide bonds. The van der Waals surface area contributed by atoms with E-state index in [4.69, 9.17) is 19.4 Å². The van der Waals surface area contributed by atoms with E-state index in [9.17, 15) is 0 Å². The van der Waals surface area contributed by atoms with E-state index in [1.165, 1.54) is 0 Å². The van der Waals surface area contributed by atoms with Gasteiger partial charge in [0.2, 0.25) is 14.6 Å². The van der Waals surface area contributed by atoms with E-state index >= 15 is 0 Å². The maximum atomic E-state index is 8.89. The molecule has 0 saturated heterocycles. The summed E-state index contributed by atoms with van der Waals surface area (Å²) in [6.45, 7) is 15.9. The van der Waals surface area contributed by atoms with Gasteiger partial charge in [0, 0.05) is 19.1 Å². The minimum atomic E-state index is -2.02. The second kappa shape index (κ2) is 10.9. The molecule has 1 aromatic heterocycles. The van der Waals surface area contributed by atoms with E-state index in [2.05, 4.69) is 56.6 Å². The minimum absolute atomic E-state index is 0.411. The molecule has 0 radical (unpaired) electrons. The SMILES string of the molecule is COC(OC)c1ccc(CO[Si](C(C)C)(C(C)C)C(C)C)c(C(C)N=[N+]=[N-])n1. The number of rotatable bonds is 11. The summed E-state index contributed by atoms with van der Waals surface area (Å²) in [6.07, 6.45) is -0.567. The van der Waals surface area contributed by atoms with Crippen molar-refractivity contribution in [1.29, 1.82) is 0 Å². The Morgan fingerprint density at radius 2 is 1.54 bits per heavy atom. The molecular formula is C20H36N4O3Si. The summed E-state index contributed by atoms with van der Waals surface area (Å²) in [5.41, 5.74) is 12.6. The predicted octanol–water partition coefficient (Wildman–Crippen LogP) is 6.44. The van der Waals surface area contributed by atoms with E-state index in [0.29, 0.717) is 34.6 Å². The summed E-state index contributed by atoms with van der Waals surface area (Å²) in [5, 5.41) is 3.85. The Morgan fingerprint density at radius 1 is 1.00 bits per heavy atom. The van der Waals surface area contributed by atoms with E-state index in [1.54, 1.807) is 14.2 Å². The van der Waals surface area contributed by atoms with Gasteiger partial charge in [-0.3, -0.25) is 4.98 Å². The lowest BCUT2D eigenvalue weighted by Gasteiger charge is -2.42. The number of methoxy groups -OCH3 is 2. The molecule has 0 N–H and O–H groups in total. The summed E-state index contributed by atoms with van der Waals surface area (Å²) < 4.78 is 17.4. The Hall–Kier alpha value is -1.44. The zero-order valence-electron chi connectivity index (χ0n) is 18.8. The lowest BCUT2D eigenvalue weighted by atomic mass is 10.1. The van der Waals surface area contributed by atoms with Crippen LogP contribution in [-0.2, 0) is 20.5 Å². The van der Waals surface area contributed by atoms with Crippen LogP contribution in [0.4, 0.5) is 0 Å². The van der Waals surface area contributed by atoms with Crippen LogP contribution in [0.15, 0.2) is 17.2 Å². The normalized spacial score (nSPS) is 13.5. The maximum Gasteiger partial charge on any atom is 0.200 e. The molecule has 1 atom stereocenters. The number of hydrogen-bond donors (Lipinski definition) is 0. The molecule has 1 rings (SSSR count). The van der Waals surface area contributed by atoms with Crippen molar-refractivity contribution in [2.75, 3.05) is 14.2 Å². The minimum Gasteiger partial charge on any atom is -0.412 e. The van der Waals surface area contributed by atoms with E-state index in [1.807, 2.05) is 19.1 Å². The lowest BCUT2D eigenvalue weighted by molar-refractivity contribution is -0.108. The largest absolute Gasteiger partial charge is 0.412 e. The molecule has 158 valence electrons. The number of nitrogens with zero attached hydrogens (tertiary/aromatic N) is 4. The van der Waals surface area contributed by atoms with Gasteiger partial charge in [-0.05, 0) is 33.8 Å².